The van der Waals surface area contributed by atoms with Crippen LogP contribution in [-0.4, -0.2) is 25.2 Å². The highest BCUT2D eigenvalue weighted by Crippen LogP contribution is 2.34. The third kappa shape index (κ3) is 9.60. The van der Waals surface area contributed by atoms with Crippen molar-refractivity contribution in [2.45, 2.75) is 85.1 Å². The van der Waals surface area contributed by atoms with Crippen molar-refractivity contribution in [1.29, 1.82) is 0 Å². The molecule has 0 aliphatic carbocycles. The molecular formula is C31H44N2O4. The van der Waals surface area contributed by atoms with Crippen LogP contribution in [0.3, 0.4) is 0 Å². The molecule has 0 radical (unpaired) electrons. The Morgan fingerprint density at radius 1 is 1.00 bits per heavy atom. The maximum atomic E-state index is 12.9. The predicted molar refractivity (Wildman–Crippen MR) is 151 cm³/mol. The first-order valence-corrected chi connectivity index (χ1v) is 13.7. The molecule has 1 aliphatic heterocycles. The monoisotopic (exact) mass is 508 g/mol. The molecule has 2 amide bonds. The second-order valence-corrected chi connectivity index (χ2v) is 9.20. The third-order valence-electron chi connectivity index (χ3n) is 6.34. The summed E-state index contributed by atoms with van der Waals surface area (Å²) >= 11 is 0. The molecule has 1 aliphatic rings. The smallest absolute Gasteiger partial charge is 0.338 e. The van der Waals surface area contributed by atoms with E-state index in [1.807, 2.05) is 37.3 Å². The molecule has 6 nitrogen and oxygen atoms in total. The van der Waals surface area contributed by atoms with Crippen LogP contribution in [0.1, 0.15) is 96.2 Å². The van der Waals surface area contributed by atoms with Gasteiger partial charge in [0.1, 0.15) is 5.76 Å². The molecule has 1 aromatic carbocycles. The summed E-state index contributed by atoms with van der Waals surface area (Å²) in [6.45, 7) is 12.4. The zero-order valence-electron chi connectivity index (χ0n) is 23.0. The van der Waals surface area contributed by atoms with E-state index in [2.05, 4.69) is 36.3 Å². The van der Waals surface area contributed by atoms with Gasteiger partial charge in [-0.05, 0) is 56.4 Å². The third-order valence-corrected chi connectivity index (χ3v) is 6.34. The van der Waals surface area contributed by atoms with Gasteiger partial charge in [-0.25, -0.2) is 9.59 Å². The predicted octanol–water partition coefficient (Wildman–Crippen LogP) is 7.51. The fourth-order valence-corrected chi connectivity index (χ4v) is 4.53. The highest BCUT2D eigenvalue weighted by atomic mass is 16.5. The molecule has 1 heterocycles. The normalized spacial score (nSPS) is 15.9. The summed E-state index contributed by atoms with van der Waals surface area (Å²) in [6.07, 6.45) is 15.3. The van der Waals surface area contributed by atoms with E-state index in [4.69, 9.17) is 9.47 Å². The van der Waals surface area contributed by atoms with Crippen LogP contribution in [0, 0.1) is 0 Å². The van der Waals surface area contributed by atoms with Crippen molar-refractivity contribution in [3.63, 3.8) is 0 Å². The lowest BCUT2D eigenvalue weighted by molar-refractivity contribution is -0.139. The maximum Gasteiger partial charge on any atom is 0.338 e. The van der Waals surface area contributed by atoms with Crippen LogP contribution in [0.5, 0.6) is 0 Å². The van der Waals surface area contributed by atoms with Crippen molar-refractivity contribution in [3.05, 3.63) is 77.2 Å². The molecule has 2 rings (SSSR count). The Labute approximate surface area is 222 Å². The minimum atomic E-state index is -0.608. The Morgan fingerprint density at radius 3 is 2.38 bits per heavy atom. The number of carbonyl (C=O) groups is 2. The lowest BCUT2D eigenvalue weighted by atomic mass is 9.87. The number of hydrogen-bond acceptors (Lipinski definition) is 4. The summed E-state index contributed by atoms with van der Waals surface area (Å²) in [5.41, 5.74) is 3.93. The largest absolute Gasteiger partial charge is 0.495 e. The van der Waals surface area contributed by atoms with Crippen LogP contribution in [0.25, 0.3) is 5.57 Å². The number of allylic oxidation sites excluding steroid dienone is 5. The van der Waals surface area contributed by atoms with Gasteiger partial charge >= 0.3 is 12.0 Å². The highest BCUT2D eigenvalue weighted by molar-refractivity contribution is 5.95. The first-order chi connectivity index (χ1) is 17.9. The Balaban J connectivity index is 2.39. The molecular weight excluding hydrogens is 464 g/mol. The van der Waals surface area contributed by atoms with Crippen LogP contribution in [-0.2, 0) is 14.3 Å². The van der Waals surface area contributed by atoms with Crippen molar-refractivity contribution < 1.29 is 19.1 Å². The van der Waals surface area contributed by atoms with Crippen molar-refractivity contribution in [3.8, 4) is 0 Å². The average Bonchev–Trinajstić information content (AvgIpc) is 2.87. The van der Waals surface area contributed by atoms with E-state index in [-0.39, 0.29) is 12.6 Å². The van der Waals surface area contributed by atoms with E-state index in [1.54, 1.807) is 13.8 Å². The minimum Gasteiger partial charge on any atom is -0.495 e. The van der Waals surface area contributed by atoms with Crippen molar-refractivity contribution in [1.82, 2.24) is 10.6 Å². The van der Waals surface area contributed by atoms with E-state index in [1.165, 1.54) is 32.1 Å². The van der Waals surface area contributed by atoms with Crippen LogP contribution in [0.4, 0.5) is 4.79 Å². The average molecular weight is 509 g/mol. The van der Waals surface area contributed by atoms with Crippen LogP contribution >= 0.6 is 0 Å². The number of esters is 1. The standard InChI is InChI=1S/C31H44N2O4/c1-6-9-10-11-12-13-14-19-25(20-17-18-23(4)36-7-2)26-21-15-16-22-27(26)29-28(30(34)37-8-3)24(5)32-31(35)33-29/h15-18,20-22,29H,4,6-14,19H2,1-3,5H3,(H2,32,33,35). The summed E-state index contributed by atoms with van der Waals surface area (Å²) in [4.78, 5) is 25.3. The van der Waals surface area contributed by atoms with E-state index in [9.17, 15) is 9.59 Å². The zero-order chi connectivity index (χ0) is 27.0. The molecule has 0 spiro atoms. The number of unbranched alkanes of at least 4 members (excludes halogenated alkanes) is 6. The molecule has 0 fully saturated rings. The molecule has 1 aromatic rings. The van der Waals surface area contributed by atoms with E-state index >= 15 is 0 Å². The number of urea groups is 1. The Morgan fingerprint density at radius 2 is 1.68 bits per heavy atom. The van der Waals surface area contributed by atoms with Crippen LogP contribution in [0.2, 0.25) is 0 Å². The van der Waals surface area contributed by atoms with Crippen molar-refractivity contribution in [2.24, 2.45) is 0 Å². The van der Waals surface area contributed by atoms with E-state index < -0.39 is 12.0 Å². The van der Waals surface area contributed by atoms with Gasteiger partial charge in [0, 0.05) is 5.70 Å². The van der Waals surface area contributed by atoms with Gasteiger partial charge in [-0.3, -0.25) is 0 Å². The zero-order valence-corrected chi connectivity index (χ0v) is 23.0. The number of ether oxygens (including phenoxy) is 2. The minimum absolute atomic E-state index is 0.260. The molecule has 2 N–H and O–H groups in total. The van der Waals surface area contributed by atoms with Gasteiger partial charge < -0.3 is 20.1 Å². The van der Waals surface area contributed by atoms with Crippen molar-refractivity contribution >= 4 is 17.6 Å². The van der Waals surface area contributed by atoms with Gasteiger partial charge in [-0.2, -0.15) is 0 Å². The van der Waals surface area contributed by atoms with Crippen molar-refractivity contribution in [2.75, 3.05) is 13.2 Å². The van der Waals surface area contributed by atoms with Gasteiger partial charge in [0.25, 0.3) is 0 Å². The second-order valence-electron chi connectivity index (χ2n) is 9.20. The second kappa shape index (κ2) is 16.5. The quantitative estimate of drug-likeness (QED) is 0.105. The summed E-state index contributed by atoms with van der Waals surface area (Å²) in [5, 5.41) is 5.66. The Kier molecular flexibility index (Phi) is 13.3. The lowest BCUT2D eigenvalue weighted by Crippen LogP contribution is -2.45. The Bertz CT molecular complexity index is 1010. The number of rotatable bonds is 16. The number of hydrogen-bond donors (Lipinski definition) is 2. The van der Waals surface area contributed by atoms with E-state index in [0.29, 0.717) is 23.6 Å². The van der Waals surface area contributed by atoms with Gasteiger partial charge in [0.2, 0.25) is 0 Å². The van der Waals surface area contributed by atoms with Crippen LogP contribution in [0.15, 0.2) is 66.1 Å². The first-order valence-electron chi connectivity index (χ1n) is 13.7. The molecule has 0 saturated carbocycles. The number of benzene rings is 1. The number of amides is 2. The first kappa shape index (κ1) is 29.9. The molecule has 1 atom stereocenters. The summed E-state index contributed by atoms with van der Waals surface area (Å²) in [7, 11) is 0. The summed E-state index contributed by atoms with van der Waals surface area (Å²) in [6, 6.07) is 7.01. The molecule has 6 heteroatoms. The van der Waals surface area contributed by atoms with Gasteiger partial charge in [0.05, 0.1) is 24.8 Å². The van der Waals surface area contributed by atoms with Gasteiger partial charge in [-0.1, -0.05) is 88.4 Å². The fourth-order valence-electron chi connectivity index (χ4n) is 4.53. The maximum absolute atomic E-state index is 12.9. The highest BCUT2D eigenvalue weighted by Gasteiger charge is 2.33. The topological polar surface area (TPSA) is 76.7 Å². The van der Waals surface area contributed by atoms with Crippen LogP contribution < -0.4 is 10.6 Å². The summed E-state index contributed by atoms with van der Waals surface area (Å²) < 4.78 is 10.8. The molecule has 202 valence electrons. The molecule has 0 saturated heterocycles. The fraction of sp³-hybridized carbons (Fsp3) is 0.484. The number of carbonyl (C=O) groups excluding carboxylic acids is 2. The summed E-state index contributed by atoms with van der Waals surface area (Å²) in [5.74, 6) is 0.175. The van der Waals surface area contributed by atoms with Gasteiger partial charge in [-0.15, -0.1) is 0 Å². The molecule has 1 unspecified atom stereocenters. The molecule has 0 bridgehead atoms. The Hall–Kier alpha value is -3.28. The molecule has 37 heavy (non-hydrogen) atoms. The SMILES string of the molecule is C=C(C=CC=C(CCCCCCCCC)c1ccccc1C1NC(=O)NC(C)=C1C(=O)OCC)OCC. The number of nitrogens with one attached hydrogen (secondary N) is 2. The molecule has 0 aromatic heterocycles. The lowest BCUT2D eigenvalue weighted by Gasteiger charge is -2.30. The van der Waals surface area contributed by atoms with E-state index in [0.717, 1.165) is 36.0 Å². The van der Waals surface area contributed by atoms with Gasteiger partial charge in [0.15, 0.2) is 0 Å².